The van der Waals surface area contributed by atoms with Crippen molar-refractivity contribution in [3.8, 4) is 0 Å². The van der Waals surface area contributed by atoms with Gasteiger partial charge >= 0.3 is 12.4 Å². The van der Waals surface area contributed by atoms with Crippen molar-refractivity contribution in [2.75, 3.05) is 0 Å². The van der Waals surface area contributed by atoms with E-state index in [0.29, 0.717) is 10.6 Å². The van der Waals surface area contributed by atoms with Crippen LogP contribution in [0.5, 0.6) is 0 Å². The van der Waals surface area contributed by atoms with Crippen LogP contribution in [0.2, 0.25) is 19.6 Å². The lowest BCUT2D eigenvalue weighted by atomic mass is 9.75. The monoisotopic (exact) mass is 682 g/mol. The van der Waals surface area contributed by atoms with Crippen molar-refractivity contribution in [3.63, 3.8) is 0 Å². The highest BCUT2D eigenvalue weighted by atomic mass is 31.1. The Hall–Kier alpha value is -1.94. The molecule has 9 heteroatoms. The molecule has 0 unspecified atom stereocenters. The topological polar surface area (TPSA) is 0 Å². The van der Waals surface area contributed by atoms with Gasteiger partial charge in [-0.1, -0.05) is 127 Å². The van der Waals surface area contributed by atoms with Crippen LogP contribution in [0.1, 0.15) is 90.1 Å². The summed E-state index contributed by atoms with van der Waals surface area (Å²) in [7, 11) is -2.67. The van der Waals surface area contributed by atoms with E-state index in [1.54, 1.807) is 0 Å². The van der Waals surface area contributed by atoms with Gasteiger partial charge in [-0.05, 0) is 80.4 Å². The van der Waals surface area contributed by atoms with Crippen LogP contribution in [0.3, 0.4) is 0 Å². The van der Waals surface area contributed by atoms with Crippen LogP contribution >= 0.6 is 16.1 Å². The summed E-state index contributed by atoms with van der Waals surface area (Å²) in [6.07, 6.45) is -8.98. The lowest BCUT2D eigenvalue weighted by molar-refractivity contribution is -0.138. The van der Waals surface area contributed by atoms with Gasteiger partial charge in [0, 0.05) is 5.30 Å². The van der Waals surface area contributed by atoms with Gasteiger partial charge in [0.15, 0.2) is 0 Å². The van der Waals surface area contributed by atoms with Crippen molar-refractivity contribution in [1.29, 1.82) is 0 Å². The molecule has 3 aromatic carbocycles. The molecule has 0 aromatic heterocycles. The zero-order chi connectivity index (χ0) is 34.6. The zero-order valence-corrected chi connectivity index (χ0v) is 31.2. The van der Waals surface area contributed by atoms with Crippen LogP contribution in [0.15, 0.2) is 60.7 Å². The number of hydrogen-bond donors (Lipinski definition) is 0. The summed E-state index contributed by atoms with van der Waals surface area (Å²) in [4.78, 5) is 0. The molecule has 0 spiro atoms. The average molecular weight is 683 g/mol. The van der Waals surface area contributed by atoms with Crippen LogP contribution in [0, 0.1) is 0 Å². The minimum atomic E-state index is -4.49. The molecule has 0 saturated carbocycles. The summed E-state index contributed by atoms with van der Waals surface area (Å²) in [5.41, 5.74) is 1.66. The Balaban J connectivity index is 2.50. The van der Waals surface area contributed by atoms with Crippen molar-refractivity contribution >= 4 is 44.8 Å². The van der Waals surface area contributed by atoms with Crippen LogP contribution < -0.4 is 15.9 Å². The Morgan fingerprint density at radius 3 is 1.11 bits per heavy atom. The first-order valence-corrected chi connectivity index (χ1v) is 20.8. The Morgan fingerprint density at radius 1 is 0.533 bits per heavy atom. The highest BCUT2D eigenvalue weighted by molar-refractivity contribution is 8.02. The number of benzene rings is 3. The molecule has 246 valence electrons. The maximum atomic E-state index is 13.6. The smallest absolute Gasteiger partial charge is 0.166 e. The fourth-order valence-corrected chi connectivity index (χ4v) is 14.4. The van der Waals surface area contributed by atoms with Gasteiger partial charge in [-0.25, -0.2) is 0 Å². The molecule has 0 fully saturated rings. The molecule has 0 aliphatic heterocycles. The zero-order valence-electron chi connectivity index (χ0n) is 28.4. The number of alkyl halides is 6. The Bertz CT molecular complexity index is 1430. The highest BCUT2D eigenvalue weighted by Crippen LogP contribution is 2.46. The second-order valence-electron chi connectivity index (χ2n) is 15.8. The van der Waals surface area contributed by atoms with E-state index in [0.717, 1.165) is 32.5 Å². The van der Waals surface area contributed by atoms with Crippen LogP contribution in [-0.2, 0) is 28.6 Å². The number of rotatable bonds is 5. The van der Waals surface area contributed by atoms with Crippen LogP contribution in [0.4, 0.5) is 26.3 Å². The van der Waals surface area contributed by atoms with Gasteiger partial charge in [-0.2, -0.15) is 26.3 Å². The number of halogens is 6. The molecule has 0 bridgehead atoms. The minimum Gasteiger partial charge on any atom is -0.166 e. The third kappa shape index (κ3) is 9.11. The molecular weight excluding hydrogens is 636 g/mol. The third-order valence-corrected chi connectivity index (χ3v) is 17.8. The number of hydrogen-bond acceptors (Lipinski definition) is 0. The molecule has 0 aliphatic rings. The molecule has 0 N–H and O–H groups in total. The molecule has 45 heavy (non-hydrogen) atoms. The van der Waals surface area contributed by atoms with E-state index in [-0.39, 0.29) is 16.2 Å². The fraction of sp³-hybridized carbons (Fsp3) is 0.472. The van der Waals surface area contributed by atoms with Crippen molar-refractivity contribution in [3.05, 3.63) is 88.5 Å². The van der Waals surface area contributed by atoms with Crippen LogP contribution in [-0.4, -0.2) is 12.7 Å². The predicted molar refractivity (Wildman–Crippen MR) is 187 cm³/mol. The maximum Gasteiger partial charge on any atom is 0.416 e. The van der Waals surface area contributed by atoms with E-state index in [2.05, 4.69) is 94.1 Å². The molecule has 0 amide bonds. The summed E-state index contributed by atoms with van der Waals surface area (Å²) in [5.74, 6) is 0. The summed E-state index contributed by atoms with van der Waals surface area (Å²) < 4.78 is 82.6. The predicted octanol–water partition coefficient (Wildman–Crippen LogP) is 11.3. The lowest BCUT2D eigenvalue weighted by Crippen LogP contribution is -2.37. The Labute approximate surface area is 269 Å². The second-order valence-corrected chi connectivity index (χ2v) is 25.2. The molecule has 0 saturated heterocycles. The van der Waals surface area contributed by atoms with Gasteiger partial charge in [0.1, 0.15) is 0 Å². The van der Waals surface area contributed by atoms with Crippen molar-refractivity contribution < 1.29 is 26.3 Å². The molecular formula is C36H46F6P2Si. The molecule has 0 heterocycles. The first-order valence-electron chi connectivity index (χ1n) is 15.0. The van der Waals surface area contributed by atoms with Gasteiger partial charge in [0.2, 0.25) is 0 Å². The molecule has 3 rings (SSSR count). The molecule has 0 atom stereocenters. The van der Waals surface area contributed by atoms with E-state index in [9.17, 15) is 26.3 Å². The van der Waals surface area contributed by atoms with Gasteiger partial charge in [-0.3, -0.25) is 0 Å². The second kappa shape index (κ2) is 12.6. The van der Waals surface area contributed by atoms with E-state index in [1.807, 2.05) is 0 Å². The van der Waals surface area contributed by atoms with Gasteiger partial charge in [-0.15, -0.1) is 0 Å². The lowest BCUT2D eigenvalue weighted by Gasteiger charge is -2.35. The fourth-order valence-electron chi connectivity index (χ4n) is 4.98. The highest BCUT2D eigenvalue weighted by Gasteiger charge is 2.36. The third-order valence-electron chi connectivity index (χ3n) is 7.60. The Kier molecular flexibility index (Phi) is 10.5. The van der Waals surface area contributed by atoms with E-state index in [1.165, 1.54) is 50.9 Å². The Morgan fingerprint density at radius 2 is 0.867 bits per heavy atom. The molecule has 0 aliphatic carbocycles. The van der Waals surface area contributed by atoms with E-state index >= 15 is 0 Å². The average Bonchev–Trinajstić information content (AvgIpc) is 2.85. The molecule has 3 aromatic rings. The van der Waals surface area contributed by atoms with Gasteiger partial charge in [0.05, 0.1) is 19.2 Å². The minimum absolute atomic E-state index is 0.0895. The summed E-state index contributed by atoms with van der Waals surface area (Å²) in [5, 5.41) is 2.58. The first kappa shape index (κ1) is 37.5. The van der Waals surface area contributed by atoms with Gasteiger partial charge in [0.25, 0.3) is 0 Å². The standard InChI is InChI=1S/C36H46F6P2Si/c1-32(2,3)25-21-28(33(4,5)6)30(29(22-25)34(7,8)9)43-31(45(10,11)12)44(26-17-13-23(14-18-26)35(37,38)39)27-19-15-24(16-20-27)36(40,41)42/h13-22H,1-12H3. The SMILES string of the molecule is CC(C)(C)c1cc(C(C)(C)C)c(P=C(P(c2ccc(C(F)(F)F)cc2)c2ccc(C(F)(F)F)cc2)[Si](C)(C)C)c(C(C)(C)C)c1. The van der Waals surface area contributed by atoms with Crippen molar-refractivity contribution in [2.45, 2.75) is 111 Å². The van der Waals surface area contributed by atoms with Crippen LogP contribution in [0.25, 0.3) is 0 Å². The van der Waals surface area contributed by atoms with E-state index < -0.39 is 39.5 Å². The maximum absolute atomic E-state index is 13.6. The quantitative estimate of drug-likeness (QED) is 0.143. The largest absolute Gasteiger partial charge is 0.416 e. The summed E-state index contributed by atoms with van der Waals surface area (Å²) in [6, 6.07) is 15.0. The van der Waals surface area contributed by atoms with E-state index in [4.69, 9.17) is 0 Å². The molecule has 0 nitrogen and oxygen atoms in total. The van der Waals surface area contributed by atoms with Crippen molar-refractivity contribution in [2.24, 2.45) is 0 Å². The summed E-state index contributed by atoms with van der Waals surface area (Å²) in [6.45, 7) is 26.4. The summed E-state index contributed by atoms with van der Waals surface area (Å²) >= 11 is 0. The van der Waals surface area contributed by atoms with Crippen molar-refractivity contribution in [1.82, 2.24) is 0 Å². The first-order chi connectivity index (χ1) is 20.1. The molecule has 0 radical (unpaired) electrons. The normalized spacial score (nSPS) is 14.3. The van der Waals surface area contributed by atoms with Gasteiger partial charge < -0.3 is 0 Å².